The third-order valence-corrected chi connectivity index (χ3v) is 3.60. The van der Waals surface area contributed by atoms with Gasteiger partial charge in [-0.25, -0.2) is 0 Å². The first kappa shape index (κ1) is 19.2. The van der Waals surface area contributed by atoms with Gasteiger partial charge in [-0.3, -0.25) is 4.99 Å². The standard InChI is InChI=1S/C19H31N3O/c1-4-5-9-15-22(3)19(20-2)21-14-10-16-23-17-13-18-11-7-6-8-12-18/h4,6-8,11-12H,1,5,9-10,13-17H2,2-3H3,(H,20,21). The number of guanidine groups is 1. The average molecular weight is 317 g/mol. The summed E-state index contributed by atoms with van der Waals surface area (Å²) in [6, 6.07) is 10.4. The highest BCUT2D eigenvalue weighted by atomic mass is 16.5. The minimum absolute atomic E-state index is 0.775. The molecule has 23 heavy (non-hydrogen) atoms. The van der Waals surface area contributed by atoms with Crippen LogP contribution in [0.15, 0.2) is 48.0 Å². The molecule has 0 aliphatic rings. The number of benzene rings is 1. The molecule has 0 fully saturated rings. The second-order valence-electron chi connectivity index (χ2n) is 5.53. The van der Waals surface area contributed by atoms with Crippen molar-refractivity contribution in [3.05, 3.63) is 48.6 Å². The molecule has 0 amide bonds. The highest BCUT2D eigenvalue weighted by molar-refractivity contribution is 5.79. The normalized spacial score (nSPS) is 11.3. The van der Waals surface area contributed by atoms with Crippen LogP contribution in [0, 0.1) is 0 Å². The Balaban J connectivity index is 2.05. The van der Waals surface area contributed by atoms with Crippen molar-refractivity contribution in [3.63, 3.8) is 0 Å². The highest BCUT2D eigenvalue weighted by Gasteiger charge is 2.03. The average Bonchev–Trinajstić information content (AvgIpc) is 2.58. The predicted octanol–water partition coefficient (Wildman–Crippen LogP) is 3.11. The van der Waals surface area contributed by atoms with E-state index in [0.29, 0.717) is 0 Å². The van der Waals surface area contributed by atoms with Gasteiger partial charge in [0, 0.05) is 33.8 Å². The number of aliphatic imine (C=N–C) groups is 1. The molecule has 1 aromatic rings. The molecule has 0 unspecified atom stereocenters. The summed E-state index contributed by atoms with van der Waals surface area (Å²) in [7, 11) is 3.89. The minimum atomic E-state index is 0.775. The second-order valence-corrected chi connectivity index (χ2v) is 5.53. The number of rotatable bonds is 11. The Bertz CT molecular complexity index is 445. The smallest absolute Gasteiger partial charge is 0.193 e. The third-order valence-electron chi connectivity index (χ3n) is 3.60. The second kappa shape index (κ2) is 12.7. The lowest BCUT2D eigenvalue weighted by Gasteiger charge is -2.21. The van der Waals surface area contributed by atoms with Crippen LogP contribution in [-0.2, 0) is 11.2 Å². The summed E-state index contributed by atoms with van der Waals surface area (Å²) in [5.74, 6) is 0.943. The third kappa shape index (κ3) is 9.04. The van der Waals surface area contributed by atoms with E-state index in [-0.39, 0.29) is 0 Å². The van der Waals surface area contributed by atoms with Gasteiger partial charge in [-0.1, -0.05) is 36.4 Å². The summed E-state index contributed by atoms with van der Waals surface area (Å²) in [5.41, 5.74) is 1.33. The first-order valence-corrected chi connectivity index (χ1v) is 8.42. The highest BCUT2D eigenvalue weighted by Crippen LogP contribution is 1.99. The molecule has 0 bridgehead atoms. The van der Waals surface area contributed by atoms with Crippen LogP contribution in [0.4, 0.5) is 0 Å². The lowest BCUT2D eigenvalue weighted by molar-refractivity contribution is 0.135. The number of nitrogens with zero attached hydrogens (tertiary/aromatic N) is 2. The molecule has 4 nitrogen and oxygen atoms in total. The molecule has 0 saturated carbocycles. The van der Waals surface area contributed by atoms with Crippen LogP contribution >= 0.6 is 0 Å². The fourth-order valence-corrected chi connectivity index (χ4v) is 2.27. The fourth-order valence-electron chi connectivity index (χ4n) is 2.27. The van der Waals surface area contributed by atoms with E-state index in [1.54, 1.807) is 0 Å². The van der Waals surface area contributed by atoms with Crippen molar-refractivity contribution >= 4 is 5.96 Å². The molecule has 0 aliphatic heterocycles. The zero-order chi connectivity index (χ0) is 16.8. The van der Waals surface area contributed by atoms with E-state index >= 15 is 0 Å². The van der Waals surface area contributed by atoms with Gasteiger partial charge in [-0.15, -0.1) is 6.58 Å². The van der Waals surface area contributed by atoms with Crippen molar-refractivity contribution in [2.75, 3.05) is 40.4 Å². The number of unbranched alkanes of at least 4 members (excludes halogenated alkanes) is 1. The van der Waals surface area contributed by atoms with Crippen LogP contribution < -0.4 is 5.32 Å². The molecule has 0 aromatic heterocycles. The van der Waals surface area contributed by atoms with Crippen LogP contribution in [0.2, 0.25) is 0 Å². The summed E-state index contributed by atoms with van der Waals surface area (Å²) >= 11 is 0. The maximum atomic E-state index is 5.69. The van der Waals surface area contributed by atoms with Crippen molar-refractivity contribution < 1.29 is 4.74 Å². The Hall–Kier alpha value is -1.81. The topological polar surface area (TPSA) is 36.9 Å². The lowest BCUT2D eigenvalue weighted by Crippen LogP contribution is -2.40. The Morgan fingerprint density at radius 1 is 1.26 bits per heavy atom. The van der Waals surface area contributed by atoms with E-state index in [9.17, 15) is 0 Å². The van der Waals surface area contributed by atoms with Gasteiger partial charge >= 0.3 is 0 Å². The molecule has 1 N–H and O–H groups in total. The van der Waals surface area contributed by atoms with Gasteiger partial charge < -0.3 is 15.0 Å². The maximum Gasteiger partial charge on any atom is 0.193 e. The van der Waals surface area contributed by atoms with Crippen molar-refractivity contribution in [1.82, 2.24) is 10.2 Å². The molecular formula is C19H31N3O. The first-order valence-electron chi connectivity index (χ1n) is 8.42. The number of hydrogen-bond acceptors (Lipinski definition) is 2. The Labute approximate surface area is 141 Å². The van der Waals surface area contributed by atoms with E-state index in [1.165, 1.54) is 5.56 Å². The van der Waals surface area contributed by atoms with Gasteiger partial charge in [0.1, 0.15) is 0 Å². The molecule has 4 heteroatoms. The summed E-state index contributed by atoms with van der Waals surface area (Å²) in [5, 5.41) is 3.37. The Morgan fingerprint density at radius 2 is 2.04 bits per heavy atom. The minimum Gasteiger partial charge on any atom is -0.381 e. The van der Waals surface area contributed by atoms with E-state index < -0.39 is 0 Å². The van der Waals surface area contributed by atoms with Crippen molar-refractivity contribution in [2.45, 2.75) is 25.7 Å². The maximum absolute atomic E-state index is 5.69. The SMILES string of the molecule is C=CCCCN(C)C(=NC)NCCCOCCc1ccccc1. The molecule has 1 rings (SSSR count). The monoisotopic (exact) mass is 317 g/mol. The van der Waals surface area contributed by atoms with E-state index in [2.05, 4.69) is 53.1 Å². The molecule has 0 saturated heterocycles. The number of allylic oxidation sites excluding steroid dienone is 1. The van der Waals surface area contributed by atoms with Gasteiger partial charge in [0.2, 0.25) is 0 Å². The summed E-state index contributed by atoms with van der Waals surface area (Å²) in [6.07, 6.45) is 6.05. The van der Waals surface area contributed by atoms with Crippen LogP contribution in [0.3, 0.4) is 0 Å². The zero-order valence-corrected chi connectivity index (χ0v) is 14.6. The molecule has 0 heterocycles. The molecule has 0 radical (unpaired) electrons. The first-order chi connectivity index (χ1) is 11.3. The quantitative estimate of drug-likeness (QED) is 0.295. The van der Waals surface area contributed by atoms with Gasteiger partial charge in [0.25, 0.3) is 0 Å². The van der Waals surface area contributed by atoms with Crippen molar-refractivity contribution in [3.8, 4) is 0 Å². The van der Waals surface area contributed by atoms with E-state index in [4.69, 9.17) is 4.74 Å². The molecular weight excluding hydrogens is 286 g/mol. The van der Waals surface area contributed by atoms with Crippen LogP contribution in [0.5, 0.6) is 0 Å². The van der Waals surface area contributed by atoms with Crippen LogP contribution in [0.1, 0.15) is 24.8 Å². The van der Waals surface area contributed by atoms with Gasteiger partial charge in [0.15, 0.2) is 5.96 Å². The fraction of sp³-hybridized carbons (Fsp3) is 0.526. The summed E-state index contributed by atoms with van der Waals surface area (Å²) in [4.78, 5) is 6.46. The lowest BCUT2D eigenvalue weighted by atomic mass is 10.2. The Kier molecular flexibility index (Phi) is 10.6. The van der Waals surface area contributed by atoms with E-state index in [1.807, 2.05) is 19.2 Å². The van der Waals surface area contributed by atoms with Crippen molar-refractivity contribution in [2.24, 2.45) is 4.99 Å². The molecule has 0 atom stereocenters. The molecule has 0 aliphatic carbocycles. The molecule has 0 spiro atoms. The molecule has 128 valence electrons. The summed E-state index contributed by atoms with van der Waals surface area (Å²) in [6.45, 7) is 7.17. The van der Waals surface area contributed by atoms with E-state index in [0.717, 1.165) is 57.9 Å². The van der Waals surface area contributed by atoms with Gasteiger partial charge in [-0.2, -0.15) is 0 Å². The summed E-state index contributed by atoms with van der Waals surface area (Å²) < 4.78 is 5.69. The number of nitrogens with one attached hydrogen (secondary N) is 1. The number of hydrogen-bond donors (Lipinski definition) is 1. The molecule has 1 aromatic carbocycles. The van der Waals surface area contributed by atoms with Crippen LogP contribution in [0.25, 0.3) is 0 Å². The largest absolute Gasteiger partial charge is 0.381 e. The zero-order valence-electron chi connectivity index (χ0n) is 14.6. The van der Waals surface area contributed by atoms with Crippen LogP contribution in [-0.4, -0.2) is 51.3 Å². The Morgan fingerprint density at radius 3 is 2.74 bits per heavy atom. The number of ether oxygens (including phenoxy) is 1. The van der Waals surface area contributed by atoms with Gasteiger partial charge in [0.05, 0.1) is 6.61 Å². The predicted molar refractivity (Wildman–Crippen MR) is 99.0 cm³/mol. The van der Waals surface area contributed by atoms with Gasteiger partial charge in [-0.05, 0) is 31.2 Å². The van der Waals surface area contributed by atoms with Crippen molar-refractivity contribution in [1.29, 1.82) is 0 Å².